The molecule has 6 nitrogen and oxygen atoms in total. The number of nitrogens with one attached hydrogen (secondary N) is 3. The van der Waals surface area contributed by atoms with E-state index in [2.05, 4.69) is 64.1 Å². The van der Waals surface area contributed by atoms with Crippen molar-refractivity contribution in [2.24, 2.45) is 4.99 Å². The zero-order valence-electron chi connectivity index (χ0n) is 17.7. The van der Waals surface area contributed by atoms with Gasteiger partial charge in [-0.1, -0.05) is 36.4 Å². The molecule has 0 bridgehead atoms. The SMILES string of the molecule is CN=C(NCCC(C)N(C)Cc1ccccc1)NCC(=O)Nc1cccc(F)c1.I. The van der Waals surface area contributed by atoms with Gasteiger partial charge in [0.25, 0.3) is 0 Å². The highest BCUT2D eigenvalue weighted by Crippen LogP contribution is 2.09. The van der Waals surface area contributed by atoms with Gasteiger partial charge in [-0.2, -0.15) is 0 Å². The zero-order chi connectivity index (χ0) is 21.1. The van der Waals surface area contributed by atoms with Crippen LogP contribution < -0.4 is 16.0 Å². The summed E-state index contributed by atoms with van der Waals surface area (Å²) in [5.74, 6) is -0.105. The number of aliphatic imine (C=N–C) groups is 1. The van der Waals surface area contributed by atoms with Crippen LogP contribution in [-0.2, 0) is 11.3 Å². The average molecular weight is 527 g/mol. The minimum Gasteiger partial charge on any atom is -0.356 e. The highest BCUT2D eigenvalue weighted by molar-refractivity contribution is 14.0. The number of halogens is 2. The maximum Gasteiger partial charge on any atom is 0.243 e. The Bertz CT molecular complexity index is 803. The lowest BCUT2D eigenvalue weighted by Gasteiger charge is -2.25. The fourth-order valence-electron chi connectivity index (χ4n) is 2.80. The van der Waals surface area contributed by atoms with Gasteiger partial charge >= 0.3 is 0 Å². The highest BCUT2D eigenvalue weighted by Gasteiger charge is 2.10. The van der Waals surface area contributed by atoms with Crippen LogP contribution in [0.15, 0.2) is 59.6 Å². The lowest BCUT2D eigenvalue weighted by atomic mass is 10.1. The first kappa shape index (κ1) is 25.8. The number of benzene rings is 2. The zero-order valence-corrected chi connectivity index (χ0v) is 20.0. The van der Waals surface area contributed by atoms with Crippen molar-refractivity contribution in [3.05, 3.63) is 66.0 Å². The van der Waals surface area contributed by atoms with E-state index in [0.29, 0.717) is 17.7 Å². The number of carbonyl (C=O) groups excluding carboxylic acids is 1. The molecule has 0 saturated heterocycles. The number of carbonyl (C=O) groups is 1. The first-order valence-electron chi connectivity index (χ1n) is 9.72. The predicted molar refractivity (Wildman–Crippen MR) is 132 cm³/mol. The molecule has 0 spiro atoms. The maximum absolute atomic E-state index is 13.2. The van der Waals surface area contributed by atoms with E-state index in [0.717, 1.165) is 19.5 Å². The molecule has 0 radical (unpaired) electrons. The van der Waals surface area contributed by atoms with E-state index in [9.17, 15) is 9.18 Å². The number of hydrogen-bond donors (Lipinski definition) is 3. The Hall–Kier alpha value is -2.20. The first-order valence-corrected chi connectivity index (χ1v) is 9.72. The van der Waals surface area contributed by atoms with Gasteiger partial charge in [-0.15, -0.1) is 24.0 Å². The number of anilines is 1. The molecule has 0 aromatic heterocycles. The van der Waals surface area contributed by atoms with Crippen LogP contribution in [0.2, 0.25) is 0 Å². The molecule has 1 atom stereocenters. The van der Waals surface area contributed by atoms with E-state index in [1.54, 1.807) is 19.2 Å². The number of hydrogen-bond acceptors (Lipinski definition) is 3. The molecule has 1 amide bonds. The number of rotatable bonds is 9. The van der Waals surface area contributed by atoms with E-state index in [-0.39, 0.29) is 42.2 Å². The standard InChI is InChI=1S/C22H30FN5O.HI/c1-17(28(3)16-18-8-5-4-6-9-18)12-13-25-22(24-2)26-15-21(29)27-20-11-7-10-19(23)14-20;/h4-11,14,17H,12-13,15-16H2,1-3H3,(H,27,29)(H2,24,25,26);1H. The van der Waals surface area contributed by atoms with E-state index in [1.807, 2.05) is 6.07 Å². The van der Waals surface area contributed by atoms with Crippen molar-refractivity contribution in [1.29, 1.82) is 0 Å². The summed E-state index contributed by atoms with van der Waals surface area (Å²) in [5.41, 5.74) is 1.71. The Kier molecular flexibility index (Phi) is 12.0. The highest BCUT2D eigenvalue weighted by atomic mass is 127. The van der Waals surface area contributed by atoms with Crippen molar-refractivity contribution >= 4 is 41.5 Å². The van der Waals surface area contributed by atoms with Gasteiger partial charge in [0.15, 0.2) is 5.96 Å². The van der Waals surface area contributed by atoms with Gasteiger partial charge in [0.05, 0.1) is 6.54 Å². The van der Waals surface area contributed by atoms with Gasteiger partial charge in [0.1, 0.15) is 5.82 Å². The van der Waals surface area contributed by atoms with Gasteiger partial charge < -0.3 is 16.0 Å². The Morgan fingerprint density at radius 2 is 1.87 bits per heavy atom. The Morgan fingerprint density at radius 3 is 2.53 bits per heavy atom. The molecule has 1 unspecified atom stereocenters. The molecule has 0 fully saturated rings. The van der Waals surface area contributed by atoms with Crippen LogP contribution in [0.3, 0.4) is 0 Å². The minimum atomic E-state index is -0.389. The normalized spacial score (nSPS) is 12.1. The summed E-state index contributed by atoms with van der Waals surface area (Å²) < 4.78 is 13.2. The third kappa shape index (κ3) is 9.53. The predicted octanol–water partition coefficient (Wildman–Crippen LogP) is 3.46. The fourth-order valence-corrected chi connectivity index (χ4v) is 2.80. The largest absolute Gasteiger partial charge is 0.356 e. The number of amides is 1. The minimum absolute atomic E-state index is 0. The molecule has 0 aliphatic rings. The summed E-state index contributed by atoms with van der Waals surface area (Å²) in [5, 5.41) is 8.83. The Labute approximate surface area is 195 Å². The fraction of sp³-hybridized carbons (Fsp3) is 0.364. The molecule has 0 saturated carbocycles. The number of nitrogens with zero attached hydrogens (tertiary/aromatic N) is 2. The van der Waals surface area contributed by atoms with E-state index in [4.69, 9.17) is 0 Å². The summed E-state index contributed by atoms with van der Waals surface area (Å²) in [6, 6.07) is 16.6. The smallest absolute Gasteiger partial charge is 0.243 e. The Balaban J connectivity index is 0.00000450. The summed E-state index contributed by atoms with van der Waals surface area (Å²) >= 11 is 0. The van der Waals surface area contributed by atoms with Crippen LogP contribution in [0, 0.1) is 5.82 Å². The molecular weight excluding hydrogens is 496 g/mol. The van der Waals surface area contributed by atoms with Crippen molar-refractivity contribution in [3.8, 4) is 0 Å². The monoisotopic (exact) mass is 527 g/mol. The van der Waals surface area contributed by atoms with E-state index in [1.165, 1.54) is 17.7 Å². The van der Waals surface area contributed by atoms with Gasteiger partial charge in [-0.25, -0.2) is 4.39 Å². The van der Waals surface area contributed by atoms with Crippen molar-refractivity contribution in [3.63, 3.8) is 0 Å². The van der Waals surface area contributed by atoms with E-state index >= 15 is 0 Å². The van der Waals surface area contributed by atoms with Crippen LogP contribution in [0.1, 0.15) is 18.9 Å². The summed E-state index contributed by atoms with van der Waals surface area (Å²) in [6.07, 6.45) is 0.930. The van der Waals surface area contributed by atoms with Gasteiger partial charge in [0, 0.05) is 31.9 Å². The van der Waals surface area contributed by atoms with Crippen LogP contribution in [0.4, 0.5) is 10.1 Å². The molecule has 0 aliphatic carbocycles. The van der Waals surface area contributed by atoms with Crippen LogP contribution in [0.5, 0.6) is 0 Å². The molecule has 0 heterocycles. The molecule has 8 heteroatoms. The molecule has 2 rings (SSSR count). The van der Waals surface area contributed by atoms with Crippen LogP contribution in [-0.4, -0.2) is 50.0 Å². The van der Waals surface area contributed by atoms with E-state index < -0.39 is 0 Å². The van der Waals surface area contributed by atoms with Crippen molar-refractivity contribution in [2.75, 3.05) is 32.5 Å². The second kappa shape index (κ2) is 13.9. The molecule has 3 N–H and O–H groups in total. The van der Waals surface area contributed by atoms with Gasteiger partial charge in [0.2, 0.25) is 5.91 Å². The summed E-state index contributed by atoms with van der Waals surface area (Å²) in [7, 11) is 3.77. The number of guanidine groups is 1. The maximum atomic E-state index is 13.2. The third-order valence-electron chi connectivity index (χ3n) is 4.63. The third-order valence-corrected chi connectivity index (χ3v) is 4.63. The first-order chi connectivity index (χ1) is 14.0. The molecule has 2 aromatic carbocycles. The lowest BCUT2D eigenvalue weighted by Crippen LogP contribution is -2.43. The summed E-state index contributed by atoms with van der Waals surface area (Å²) in [6.45, 7) is 3.85. The Morgan fingerprint density at radius 1 is 1.13 bits per heavy atom. The second-order valence-corrected chi connectivity index (χ2v) is 6.95. The lowest BCUT2D eigenvalue weighted by molar-refractivity contribution is -0.115. The topological polar surface area (TPSA) is 68.8 Å². The molecule has 164 valence electrons. The van der Waals surface area contributed by atoms with Crippen LogP contribution in [0.25, 0.3) is 0 Å². The second-order valence-electron chi connectivity index (χ2n) is 6.95. The van der Waals surface area contributed by atoms with Crippen molar-refractivity contribution < 1.29 is 9.18 Å². The van der Waals surface area contributed by atoms with Gasteiger partial charge in [-0.05, 0) is 44.2 Å². The average Bonchev–Trinajstić information content (AvgIpc) is 2.71. The van der Waals surface area contributed by atoms with Crippen molar-refractivity contribution in [1.82, 2.24) is 15.5 Å². The molecule has 2 aromatic rings. The molecule has 30 heavy (non-hydrogen) atoms. The summed E-state index contributed by atoms with van der Waals surface area (Å²) in [4.78, 5) is 18.4. The molecular formula is C22H31FIN5O. The van der Waals surface area contributed by atoms with Gasteiger partial charge in [-0.3, -0.25) is 14.7 Å². The molecule has 0 aliphatic heterocycles. The quantitative estimate of drug-likeness (QED) is 0.266. The van der Waals surface area contributed by atoms with Crippen LogP contribution >= 0.6 is 24.0 Å². The van der Waals surface area contributed by atoms with Crippen molar-refractivity contribution in [2.45, 2.75) is 25.9 Å².